The fourth-order valence-corrected chi connectivity index (χ4v) is 12.0. The zero-order valence-corrected chi connectivity index (χ0v) is 29.1. The summed E-state index contributed by atoms with van der Waals surface area (Å²) in [6, 6.07) is 27.1. The number of hydrogen-bond acceptors (Lipinski definition) is 6. The molecule has 0 aliphatic carbocycles. The fourth-order valence-electron chi connectivity index (χ4n) is 7.92. The molecule has 1 N–H and O–H groups in total. The Kier molecular flexibility index (Phi) is 10.2. The predicted molar refractivity (Wildman–Crippen MR) is 188 cm³/mol. The van der Waals surface area contributed by atoms with E-state index >= 15 is 0 Å². The van der Waals surface area contributed by atoms with E-state index in [0.29, 0.717) is 24.4 Å². The highest BCUT2D eigenvalue weighted by Crippen LogP contribution is 2.46. The van der Waals surface area contributed by atoms with Crippen molar-refractivity contribution in [2.75, 3.05) is 25.2 Å². The zero-order chi connectivity index (χ0) is 33.0. The third-order valence-electron chi connectivity index (χ3n) is 10.5. The van der Waals surface area contributed by atoms with Crippen LogP contribution in [-0.4, -0.2) is 66.6 Å². The molecular formula is C38H48N4O4Si. The van der Waals surface area contributed by atoms with E-state index in [0.717, 1.165) is 54.9 Å². The number of amides is 1. The molecule has 2 aliphatic heterocycles. The van der Waals surface area contributed by atoms with Gasteiger partial charge in [0.05, 0.1) is 45.6 Å². The molecule has 0 radical (unpaired) electrons. The molecule has 9 heteroatoms. The molecule has 3 aromatic carbocycles. The number of aliphatic hydroxyl groups is 1. The monoisotopic (exact) mass is 652 g/mol. The number of methoxy groups -OCH3 is 1. The lowest BCUT2D eigenvalue weighted by Crippen LogP contribution is -2.50. The van der Waals surface area contributed by atoms with Crippen LogP contribution in [0.15, 0.2) is 85.1 Å². The maximum absolute atomic E-state index is 12.4. The van der Waals surface area contributed by atoms with E-state index in [1.807, 2.05) is 46.1 Å². The maximum atomic E-state index is 12.4. The Balaban J connectivity index is 1.19. The number of aromatic nitrogens is 3. The highest BCUT2D eigenvalue weighted by atomic mass is 28.3. The van der Waals surface area contributed by atoms with Crippen molar-refractivity contribution in [3.8, 4) is 5.75 Å². The number of rotatable bonds is 13. The van der Waals surface area contributed by atoms with Crippen molar-refractivity contribution >= 4 is 24.9 Å². The van der Waals surface area contributed by atoms with E-state index in [-0.39, 0.29) is 30.6 Å². The summed E-state index contributed by atoms with van der Waals surface area (Å²) in [6.07, 6.45) is 6.44. The van der Waals surface area contributed by atoms with Crippen molar-refractivity contribution in [1.82, 2.24) is 15.0 Å². The van der Waals surface area contributed by atoms with Gasteiger partial charge >= 0.3 is 0 Å². The van der Waals surface area contributed by atoms with Crippen LogP contribution in [0.25, 0.3) is 0 Å². The van der Waals surface area contributed by atoms with Crippen LogP contribution in [0.2, 0.25) is 18.6 Å². The van der Waals surface area contributed by atoms with Crippen molar-refractivity contribution in [1.29, 1.82) is 0 Å². The lowest BCUT2D eigenvalue weighted by Gasteiger charge is -2.36. The van der Waals surface area contributed by atoms with Gasteiger partial charge in [0, 0.05) is 31.4 Å². The first-order valence-electron chi connectivity index (χ1n) is 17.0. The van der Waals surface area contributed by atoms with Gasteiger partial charge in [-0.15, -0.1) is 5.10 Å². The largest absolute Gasteiger partial charge is 0.497 e. The number of ether oxygens (including phenoxy) is 2. The van der Waals surface area contributed by atoms with E-state index in [9.17, 15) is 9.90 Å². The molecule has 5 atom stereocenters. The molecule has 8 nitrogen and oxygen atoms in total. The minimum Gasteiger partial charge on any atom is -0.497 e. The normalized spacial score (nSPS) is 22.1. The minimum atomic E-state index is -2.00. The first kappa shape index (κ1) is 33.1. The summed E-state index contributed by atoms with van der Waals surface area (Å²) in [5, 5.41) is 20.5. The number of hydrogen-bond donors (Lipinski definition) is 1. The maximum Gasteiger partial charge on any atom is 0.227 e. The van der Waals surface area contributed by atoms with Gasteiger partial charge in [0.15, 0.2) is 0 Å². The number of anilines is 1. The number of carbonyl (C=O) groups is 1. The second kappa shape index (κ2) is 14.5. The van der Waals surface area contributed by atoms with E-state index in [1.54, 1.807) is 7.11 Å². The highest BCUT2D eigenvalue weighted by molar-refractivity contribution is 6.91. The average Bonchev–Trinajstić information content (AvgIpc) is 3.82. The Morgan fingerprint density at radius 3 is 2.51 bits per heavy atom. The zero-order valence-electron chi connectivity index (χ0n) is 28.1. The molecule has 3 heterocycles. The Morgan fingerprint density at radius 2 is 1.81 bits per heavy atom. The molecule has 6 rings (SSSR count). The SMILES string of the molecule is COc1ccc([Si](C)(C)[C@H]2[C@H](C)[C@H](CCc3cccc(N4CCCC4=O)c3)O[C@@H]2CCn2cc(C(CO)c3ccccc3)nn2)cc1. The van der Waals surface area contributed by atoms with Crippen molar-refractivity contribution in [3.05, 3.63) is 102 Å². The van der Waals surface area contributed by atoms with Crippen molar-refractivity contribution in [3.63, 3.8) is 0 Å². The smallest absolute Gasteiger partial charge is 0.227 e. The predicted octanol–water partition coefficient (Wildman–Crippen LogP) is 5.95. The van der Waals surface area contributed by atoms with E-state index < -0.39 is 8.07 Å². The minimum absolute atomic E-state index is 0.0192. The standard InChI is InChI=1S/C38H48N4O4Si/c1-27-35(20-15-28-10-8-13-30(24-28)42-22-9-14-37(42)44)46-36(38(27)47(3,4)32-18-16-31(45-2)17-19-32)21-23-41-25-34(39-40-41)33(26-43)29-11-6-5-7-12-29/h5-8,10-13,16-19,24-25,27,33,35-36,38,43H,9,14-15,20-23,26H2,1-4H3/t27-,33?,35+,36-,38+/m1/s1. The number of aliphatic hydroxyl groups excluding tert-OH is 1. The van der Waals surface area contributed by atoms with Gasteiger partial charge < -0.3 is 19.5 Å². The van der Waals surface area contributed by atoms with Gasteiger partial charge in [-0.25, -0.2) is 0 Å². The molecule has 248 valence electrons. The van der Waals surface area contributed by atoms with Crippen LogP contribution >= 0.6 is 0 Å². The van der Waals surface area contributed by atoms with Crippen LogP contribution in [0.4, 0.5) is 5.69 Å². The number of aryl methyl sites for hydroxylation is 2. The molecule has 4 aromatic rings. The Morgan fingerprint density at radius 1 is 1.02 bits per heavy atom. The molecule has 0 bridgehead atoms. The van der Waals surface area contributed by atoms with Crippen LogP contribution in [0.3, 0.4) is 0 Å². The van der Waals surface area contributed by atoms with Crippen molar-refractivity contribution in [2.24, 2.45) is 5.92 Å². The van der Waals surface area contributed by atoms with Crippen molar-refractivity contribution in [2.45, 2.75) is 82.3 Å². The Labute approximate surface area is 279 Å². The lowest BCUT2D eigenvalue weighted by molar-refractivity contribution is -0.117. The molecule has 47 heavy (non-hydrogen) atoms. The fraction of sp³-hybridized carbons (Fsp3) is 0.447. The van der Waals surface area contributed by atoms with Gasteiger partial charge in [-0.1, -0.05) is 85.0 Å². The summed E-state index contributed by atoms with van der Waals surface area (Å²) in [5.74, 6) is 1.28. The van der Waals surface area contributed by atoms with Crippen LogP contribution in [0.1, 0.15) is 55.3 Å². The van der Waals surface area contributed by atoms with Crippen LogP contribution < -0.4 is 14.8 Å². The molecule has 1 amide bonds. The lowest BCUT2D eigenvalue weighted by atomic mass is 9.95. The topological polar surface area (TPSA) is 89.7 Å². The van der Waals surface area contributed by atoms with E-state index in [4.69, 9.17) is 9.47 Å². The van der Waals surface area contributed by atoms with Gasteiger partial charge in [-0.3, -0.25) is 9.48 Å². The van der Waals surface area contributed by atoms with E-state index in [1.165, 1.54) is 10.8 Å². The first-order valence-corrected chi connectivity index (χ1v) is 20.1. The first-order chi connectivity index (χ1) is 22.8. The summed E-state index contributed by atoms with van der Waals surface area (Å²) in [4.78, 5) is 14.3. The van der Waals surface area contributed by atoms with Gasteiger partial charge in [0.25, 0.3) is 0 Å². The van der Waals surface area contributed by atoms with Crippen LogP contribution in [0.5, 0.6) is 5.75 Å². The third kappa shape index (κ3) is 7.22. The summed E-state index contributed by atoms with van der Waals surface area (Å²) >= 11 is 0. The number of benzene rings is 3. The van der Waals surface area contributed by atoms with Crippen LogP contribution in [0, 0.1) is 5.92 Å². The second-order valence-corrected chi connectivity index (χ2v) is 18.4. The average molecular weight is 653 g/mol. The van der Waals surface area contributed by atoms with Crippen molar-refractivity contribution < 1.29 is 19.4 Å². The van der Waals surface area contributed by atoms with Gasteiger partial charge in [-0.05, 0) is 72.5 Å². The van der Waals surface area contributed by atoms with E-state index in [2.05, 4.69) is 78.9 Å². The van der Waals surface area contributed by atoms with Gasteiger partial charge in [-0.2, -0.15) is 0 Å². The molecule has 2 aliphatic rings. The molecule has 1 unspecified atom stereocenters. The molecule has 0 saturated carbocycles. The summed E-state index contributed by atoms with van der Waals surface area (Å²) in [6.45, 7) is 8.81. The molecule has 1 aromatic heterocycles. The molecular weight excluding hydrogens is 605 g/mol. The molecule has 2 fully saturated rings. The second-order valence-electron chi connectivity index (χ2n) is 13.7. The highest BCUT2D eigenvalue weighted by Gasteiger charge is 2.50. The van der Waals surface area contributed by atoms with Crippen LogP contribution in [-0.2, 0) is 22.5 Å². The summed E-state index contributed by atoms with van der Waals surface area (Å²) in [7, 11) is -0.286. The Hall–Kier alpha value is -3.79. The molecule has 2 saturated heterocycles. The summed E-state index contributed by atoms with van der Waals surface area (Å²) < 4.78 is 14.4. The summed E-state index contributed by atoms with van der Waals surface area (Å²) in [5.41, 5.74) is 4.48. The van der Waals surface area contributed by atoms with Gasteiger partial charge in [0.2, 0.25) is 5.91 Å². The number of carbonyl (C=O) groups excluding carboxylic acids is 1. The van der Waals surface area contributed by atoms with Gasteiger partial charge in [0.1, 0.15) is 5.75 Å². The number of nitrogens with zero attached hydrogens (tertiary/aromatic N) is 4. The molecule has 0 spiro atoms. The Bertz CT molecular complexity index is 1630. The quantitative estimate of drug-likeness (QED) is 0.180. The third-order valence-corrected chi connectivity index (χ3v) is 14.9.